The number of aromatic nitrogens is 3. The minimum absolute atomic E-state index is 0.375. The van der Waals surface area contributed by atoms with Crippen LogP contribution in [0.4, 0.5) is 0 Å². The predicted octanol–water partition coefficient (Wildman–Crippen LogP) is 4.52. The zero-order chi connectivity index (χ0) is 19.2. The van der Waals surface area contributed by atoms with Crippen molar-refractivity contribution < 1.29 is 13.9 Å². The third kappa shape index (κ3) is 4.65. The first-order chi connectivity index (χ1) is 13.1. The van der Waals surface area contributed by atoms with Crippen LogP contribution in [0.15, 0.2) is 46.1 Å². The fraction of sp³-hybridized carbons (Fsp3) is 0.316. The molecule has 8 heteroatoms. The second-order valence-electron chi connectivity index (χ2n) is 6.23. The Morgan fingerprint density at radius 1 is 1.30 bits per heavy atom. The van der Waals surface area contributed by atoms with Crippen molar-refractivity contribution in [3.05, 3.63) is 46.9 Å². The van der Waals surface area contributed by atoms with Gasteiger partial charge in [-0.25, -0.2) is 5.10 Å². The molecule has 0 bridgehead atoms. The molecule has 0 aliphatic heterocycles. The number of rotatable bonds is 8. The number of ether oxygens (including phenoxy) is 2. The van der Waals surface area contributed by atoms with Crippen LogP contribution in [-0.2, 0) is 0 Å². The maximum atomic E-state index is 5.82. The van der Waals surface area contributed by atoms with Crippen molar-refractivity contribution in [2.75, 3.05) is 13.2 Å². The monoisotopic (exact) mass is 386 g/mol. The van der Waals surface area contributed by atoms with Crippen LogP contribution in [0.25, 0.3) is 11.6 Å². The van der Waals surface area contributed by atoms with E-state index in [9.17, 15) is 0 Å². The lowest BCUT2D eigenvalue weighted by molar-refractivity contribution is 0.248. The SMILES string of the molecule is CCOc1cc(/C=N\n2c(-c3ccco3)n[nH]c2=S)ccc1OCC(C)C. The van der Waals surface area contributed by atoms with Gasteiger partial charge in [-0.15, -0.1) is 5.10 Å². The van der Waals surface area contributed by atoms with E-state index >= 15 is 0 Å². The highest BCUT2D eigenvalue weighted by Gasteiger charge is 2.11. The number of nitrogens with one attached hydrogen (secondary N) is 1. The number of hydrogen-bond donors (Lipinski definition) is 1. The third-order valence-electron chi connectivity index (χ3n) is 3.55. The molecule has 3 aromatic rings. The first kappa shape index (κ1) is 18.9. The number of nitrogens with zero attached hydrogens (tertiary/aromatic N) is 3. The molecule has 0 amide bonds. The van der Waals surface area contributed by atoms with E-state index in [0.717, 1.165) is 11.3 Å². The largest absolute Gasteiger partial charge is 0.490 e. The second-order valence-corrected chi connectivity index (χ2v) is 6.62. The summed E-state index contributed by atoms with van der Waals surface area (Å²) in [6, 6.07) is 9.27. The molecule has 0 saturated carbocycles. The number of aromatic amines is 1. The molecule has 142 valence electrons. The third-order valence-corrected chi connectivity index (χ3v) is 3.82. The molecule has 2 aromatic heterocycles. The van der Waals surface area contributed by atoms with E-state index in [-0.39, 0.29) is 0 Å². The van der Waals surface area contributed by atoms with E-state index in [1.165, 1.54) is 4.68 Å². The summed E-state index contributed by atoms with van der Waals surface area (Å²) in [4.78, 5) is 0. The molecule has 1 N–H and O–H groups in total. The predicted molar refractivity (Wildman–Crippen MR) is 106 cm³/mol. The van der Waals surface area contributed by atoms with E-state index in [1.54, 1.807) is 24.6 Å². The quantitative estimate of drug-likeness (QED) is 0.455. The van der Waals surface area contributed by atoms with Crippen LogP contribution in [0, 0.1) is 10.7 Å². The van der Waals surface area contributed by atoms with Crippen LogP contribution < -0.4 is 9.47 Å². The van der Waals surface area contributed by atoms with Crippen LogP contribution in [0.5, 0.6) is 11.5 Å². The molecular weight excluding hydrogens is 364 g/mol. The van der Waals surface area contributed by atoms with Crippen LogP contribution in [-0.4, -0.2) is 34.3 Å². The van der Waals surface area contributed by atoms with Crippen LogP contribution in [0.3, 0.4) is 0 Å². The van der Waals surface area contributed by atoms with E-state index in [1.807, 2.05) is 25.1 Å². The normalized spacial score (nSPS) is 11.4. The summed E-state index contributed by atoms with van der Waals surface area (Å²) < 4.78 is 18.8. The summed E-state index contributed by atoms with van der Waals surface area (Å²) in [6.07, 6.45) is 3.26. The molecule has 0 atom stereocenters. The van der Waals surface area contributed by atoms with E-state index in [0.29, 0.717) is 41.2 Å². The zero-order valence-corrected chi connectivity index (χ0v) is 16.3. The Morgan fingerprint density at radius 3 is 2.85 bits per heavy atom. The van der Waals surface area contributed by atoms with Gasteiger partial charge in [0, 0.05) is 0 Å². The summed E-state index contributed by atoms with van der Waals surface area (Å²) in [5.41, 5.74) is 0.851. The fourth-order valence-electron chi connectivity index (χ4n) is 2.34. The molecule has 0 fully saturated rings. The van der Waals surface area contributed by atoms with Gasteiger partial charge >= 0.3 is 0 Å². The van der Waals surface area contributed by atoms with Crippen molar-refractivity contribution in [3.63, 3.8) is 0 Å². The molecule has 0 spiro atoms. The van der Waals surface area contributed by atoms with Gasteiger partial charge in [-0.2, -0.15) is 9.78 Å². The maximum Gasteiger partial charge on any atom is 0.219 e. The number of benzene rings is 1. The van der Waals surface area contributed by atoms with Gasteiger partial charge in [0.2, 0.25) is 10.6 Å². The molecule has 3 rings (SSSR count). The van der Waals surface area contributed by atoms with Crippen molar-refractivity contribution in [2.24, 2.45) is 11.0 Å². The molecule has 7 nitrogen and oxygen atoms in total. The summed E-state index contributed by atoms with van der Waals surface area (Å²) in [6.45, 7) is 7.32. The van der Waals surface area contributed by atoms with Gasteiger partial charge in [0.15, 0.2) is 17.3 Å². The summed E-state index contributed by atoms with van der Waals surface area (Å²) in [7, 11) is 0. The first-order valence-corrected chi connectivity index (χ1v) is 9.14. The van der Waals surface area contributed by atoms with Crippen LogP contribution >= 0.6 is 12.2 Å². The molecular formula is C19H22N4O3S. The van der Waals surface area contributed by atoms with Gasteiger partial charge in [0.25, 0.3) is 0 Å². The average molecular weight is 386 g/mol. The van der Waals surface area contributed by atoms with Gasteiger partial charge in [0.05, 0.1) is 25.7 Å². The van der Waals surface area contributed by atoms with Crippen LogP contribution in [0.1, 0.15) is 26.3 Å². The standard InChI is InChI=1S/C19H22N4O3S/c1-4-24-17-10-14(7-8-15(17)26-12-13(2)3)11-20-23-18(21-22-19(23)27)16-6-5-9-25-16/h5-11,13H,4,12H2,1-3H3,(H,22,27)/b20-11-. The van der Waals surface area contributed by atoms with E-state index < -0.39 is 0 Å². The fourth-order valence-corrected chi connectivity index (χ4v) is 2.52. The summed E-state index contributed by atoms with van der Waals surface area (Å²) in [5.74, 6) is 2.92. The van der Waals surface area contributed by atoms with Crippen molar-refractivity contribution in [1.82, 2.24) is 14.9 Å². The summed E-state index contributed by atoms with van der Waals surface area (Å²) in [5, 5.41) is 11.3. The van der Waals surface area contributed by atoms with Gasteiger partial charge in [-0.3, -0.25) is 0 Å². The van der Waals surface area contributed by atoms with Crippen molar-refractivity contribution in [1.29, 1.82) is 0 Å². The Morgan fingerprint density at radius 2 is 2.15 bits per heavy atom. The zero-order valence-electron chi connectivity index (χ0n) is 15.5. The molecule has 0 saturated heterocycles. The van der Waals surface area contributed by atoms with E-state index in [4.69, 9.17) is 26.1 Å². The number of H-pyrrole nitrogens is 1. The smallest absolute Gasteiger partial charge is 0.219 e. The highest BCUT2D eigenvalue weighted by Crippen LogP contribution is 2.28. The lowest BCUT2D eigenvalue weighted by Gasteiger charge is -2.13. The van der Waals surface area contributed by atoms with Gasteiger partial charge in [0.1, 0.15) is 0 Å². The molecule has 0 unspecified atom stereocenters. The molecule has 1 aromatic carbocycles. The topological polar surface area (TPSA) is 77.6 Å². The molecule has 0 aliphatic rings. The lowest BCUT2D eigenvalue weighted by Crippen LogP contribution is -2.06. The Kier molecular flexibility index (Phi) is 6.08. The molecule has 27 heavy (non-hydrogen) atoms. The highest BCUT2D eigenvalue weighted by molar-refractivity contribution is 7.71. The Balaban J connectivity index is 1.86. The Hall–Kier alpha value is -2.87. The lowest BCUT2D eigenvalue weighted by atomic mass is 10.2. The average Bonchev–Trinajstić information content (AvgIpc) is 3.29. The number of furan rings is 1. The van der Waals surface area contributed by atoms with Crippen LogP contribution in [0.2, 0.25) is 0 Å². The molecule has 0 aliphatic carbocycles. The second kappa shape index (κ2) is 8.68. The number of hydrogen-bond acceptors (Lipinski definition) is 6. The van der Waals surface area contributed by atoms with E-state index in [2.05, 4.69) is 29.1 Å². The summed E-state index contributed by atoms with van der Waals surface area (Å²) >= 11 is 5.25. The van der Waals surface area contributed by atoms with Crippen molar-refractivity contribution in [3.8, 4) is 23.1 Å². The minimum atomic E-state index is 0.375. The van der Waals surface area contributed by atoms with Crippen molar-refractivity contribution in [2.45, 2.75) is 20.8 Å². The Labute approximate surface area is 162 Å². The van der Waals surface area contributed by atoms with Gasteiger partial charge in [-0.05, 0) is 61.0 Å². The van der Waals surface area contributed by atoms with Gasteiger partial charge in [-0.1, -0.05) is 13.8 Å². The van der Waals surface area contributed by atoms with Crippen molar-refractivity contribution >= 4 is 18.4 Å². The molecule has 0 radical (unpaired) electrons. The maximum absolute atomic E-state index is 5.82. The highest BCUT2D eigenvalue weighted by atomic mass is 32.1. The first-order valence-electron chi connectivity index (χ1n) is 8.73. The molecule has 2 heterocycles. The van der Waals surface area contributed by atoms with Gasteiger partial charge < -0.3 is 13.9 Å². The Bertz CT molecular complexity index is 958. The minimum Gasteiger partial charge on any atom is -0.490 e.